The zero-order chi connectivity index (χ0) is 24.4. The Morgan fingerprint density at radius 2 is 1.94 bits per heavy atom. The Kier molecular flexibility index (Phi) is 6.76. The molecule has 0 saturated carbocycles. The van der Waals surface area contributed by atoms with Gasteiger partial charge >= 0.3 is 0 Å². The summed E-state index contributed by atoms with van der Waals surface area (Å²) in [5.74, 6) is -0.248. The third kappa shape index (κ3) is 5.00. The minimum atomic E-state index is -0.458. The van der Waals surface area contributed by atoms with E-state index in [-0.39, 0.29) is 11.6 Å². The van der Waals surface area contributed by atoms with Gasteiger partial charge in [0.2, 0.25) is 0 Å². The standard InChI is InChI=1S/C24H22ClN5O3S/c1-15-14-16(2)29(27-15)13-12-28(24-26-23-17(3)20(25)9-10-21(23)34-24)22(31)11-6-18-4-7-19(8-5-18)30(32)33/h4-11,14H,12-13H2,1-3H3. The zero-order valence-corrected chi connectivity index (χ0v) is 20.4. The number of nitro groups is 1. The molecule has 2 aromatic heterocycles. The highest BCUT2D eigenvalue weighted by molar-refractivity contribution is 7.22. The number of fused-ring (bicyclic) bond motifs is 1. The molecule has 0 atom stereocenters. The van der Waals surface area contributed by atoms with Crippen molar-refractivity contribution in [1.29, 1.82) is 0 Å². The van der Waals surface area contributed by atoms with Crippen molar-refractivity contribution in [3.63, 3.8) is 0 Å². The molecule has 0 spiro atoms. The van der Waals surface area contributed by atoms with Crippen LogP contribution in [0.5, 0.6) is 0 Å². The van der Waals surface area contributed by atoms with Gasteiger partial charge in [0.15, 0.2) is 5.13 Å². The molecule has 10 heteroatoms. The van der Waals surface area contributed by atoms with E-state index in [4.69, 9.17) is 16.6 Å². The molecule has 0 bridgehead atoms. The summed E-state index contributed by atoms with van der Waals surface area (Å²) in [6, 6.07) is 11.7. The van der Waals surface area contributed by atoms with Gasteiger partial charge in [0, 0.05) is 35.5 Å². The molecule has 0 unspecified atom stereocenters. The van der Waals surface area contributed by atoms with Crippen LogP contribution in [0, 0.1) is 30.9 Å². The Morgan fingerprint density at radius 1 is 1.21 bits per heavy atom. The highest BCUT2D eigenvalue weighted by Crippen LogP contribution is 2.33. The fourth-order valence-electron chi connectivity index (χ4n) is 3.57. The SMILES string of the molecule is Cc1cc(C)n(CCN(C(=O)C=Cc2ccc([N+](=O)[O-])cc2)c2nc3c(C)c(Cl)ccc3s2)n1. The van der Waals surface area contributed by atoms with Crippen molar-refractivity contribution in [2.45, 2.75) is 27.3 Å². The van der Waals surface area contributed by atoms with Crippen molar-refractivity contribution in [2.24, 2.45) is 0 Å². The lowest BCUT2D eigenvalue weighted by atomic mass is 10.2. The van der Waals surface area contributed by atoms with E-state index < -0.39 is 4.92 Å². The average molecular weight is 496 g/mol. The van der Waals surface area contributed by atoms with E-state index in [1.165, 1.54) is 29.5 Å². The van der Waals surface area contributed by atoms with Gasteiger partial charge in [0.05, 0.1) is 27.4 Å². The molecule has 8 nitrogen and oxygen atoms in total. The summed E-state index contributed by atoms with van der Waals surface area (Å²) in [5.41, 5.74) is 4.25. The van der Waals surface area contributed by atoms with E-state index in [0.29, 0.717) is 28.8 Å². The number of thiazole rings is 1. The van der Waals surface area contributed by atoms with Crippen molar-refractivity contribution in [3.05, 3.63) is 86.2 Å². The molecule has 2 heterocycles. The lowest BCUT2D eigenvalue weighted by Crippen LogP contribution is -2.33. The molecular formula is C24H22ClN5O3S. The van der Waals surface area contributed by atoms with Crippen LogP contribution in [0.2, 0.25) is 5.02 Å². The molecule has 4 rings (SSSR count). The van der Waals surface area contributed by atoms with Crippen LogP contribution in [0.15, 0.2) is 48.5 Å². The first-order chi connectivity index (χ1) is 16.2. The number of non-ortho nitro benzene ring substituents is 1. The second-order valence-electron chi connectivity index (χ2n) is 7.84. The van der Waals surface area contributed by atoms with Crippen molar-refractivity contribution in [2.75, 3.05) is 11.4 Å². The third-order valence-corrected chi connectivity index (χ3v) is 6.85. The Bertz CT molecular complexity index is 1410. The number of nitrogens with zero attached hydrogens (tertiary/aromatic N) is 5. The molecule has 0 aliphatic carbocycles. The van der Waals surface area contributed by atoms with Crippen molar-refractivity contribution < 1.29 is 9.72 Å². The summed E-state index contributed by atoms with van der Waals surface area (Å²) >= 11 is 7.69. The Labute approximate surface area is 205 Å². The molecule has 0 aliphatic rings. The van der Waals surface area contributed by atoms with Gasteiger partial charge in [-0.1, -0.05) is 22.9 Å². The first-order valence-electron chi connectivity index (χ1n) is 10.5. The minimum absolute atomic E-state index is 0.00139. The largest absolute Gasteiger partial charge is 0.283 e. The predicted molar refractivity (Wildman–Crippen MR) is 136 cm³/mol. The van der Waals surface area contributed by atoms with Gasteiger partial charge in [-0.05, 0) is 68.3 Å². The van der Waals surface area contributed by atoms with Gasteiger partial charge in [0.25, 0.3) is 11.6 Å². The van der Waals surface area contributed by atoms with Crippen LogP contribution in [0.4, 0.5) is 10.8 Å². The maximum Gasteiger partial charge on any atom is 0.269 e. The van der Waals surface area contributed by atoms with E-state index in [1.54, 1.807) is 23.1 Å². The first kappa shape index (κ1) is 23.6. The van der Waals surface area contributed by atoms with Crippen LogP contribution in [0.1, 0.15) is 22.5 Å². The summed E-state index contributed by atoms with van der Waals surface area (Å²) in [6.07, 6.45) is 3.09. The number of amides is 1. The molecule has 0 aliphatic heterocycles. The molecule has 4 aromatic rings. The van der Waals surface area contributed by atoms with Gasteiger partial charge in [-0.25, -0.2) is 4.98 Å². The van der Waals surface area contributed by atoms with Crippen LogP contribution < -0.4 is 4.90 Å². The van der Waals surface area contributed by atoms with E-state index in [1.807, 2.05) is 43.7 Å². The second kappa shape index (κ2) is 9.74. The number of hydrogen-bond donors (Lipinski definition) is 0. The molecule has 0 fully saturated rings. The maximum absolute atomic E-state index is 13.3. The van der Waals surface area contributed by atoms with Crippen LogP contribution in [0.25, 0.3) is 16.3 Å². The lowest BCUT2D eigenvalue weighted by molar-refractivity contribution is -0.384. The topological polar surface area (TPSA) is 94.2 Å². The number of benzene rings is 2. The zero-order valence-electron chi connectivity index (χ0n) is 18.9. The molecule has 0 saturated heterocycles. The number of halogens is 1. The maximum atomic E-state index is 13.3. The van der Waals surface area contributed by atoms with Crippen molar-refractivity contribution >= 4 is 56.0 Å². The van der Waals surface area contributed by atoms with Gasteiger partial charge in [-0.2, -0.15) is 5.10 Å². The van der Waals surface area contributed by atoms with Crippen LogP contribution in [0.3, 0.4) is 0 Å². The highest BCUT2D eigenvalue weighted by atomic mass is 35.5. The monoisotopic (exact) mass is 495 g/mol. The second-order valence-corrected chi connectivity index (χ2v) is 9.25. The molecule has 2 aromatic carbocycles. The fourth-order valence-corrected chi connectivity index (χ4v) is 4.77. The van der Waals surface area contributed by atoms with Crippen molar-refractivity contribution in [3.8, 4) is 0 Å². The number of rotatable bonds is 7. The van der Waals surface area contributed by atoms with Gasteiger partial charge in [-0.15, -0.1) is 0 Å². The highest BCUT2D eigenvalue weighted by Gasteiger charge is 2.20. The normalized spacial score (nSPS) is 11.4. The Hall–Kier alpha value is -3.56. The fraction of sp³-hybridized carbons (Fsp3) is 0.208. The van der Waals surface area contributed by atoms with Crippen LogP contribution in [-0.4, -0.2) is 32.1 Å². The Morgan fingerprint density at radius 3 is 2.59 bits per heavy atom. The number of hydrogen-bond acceptors (Lipinski definition) is 6. The van der Waals surface area contributed by atoms with Crippen LogP contribution >= 0.6 is 22.9 Å². The van der Waals surface area contributed by atoms with E-state index in [0.717, 1.165) is 27.2 Å². The number of carbonyl (C=O) groups excluding carboxylic acids is 1. The molecule has 1 amide bonds. The summed E-state index contributed by atoms with van der Waals surface area (Å²) in [7, 11) is 0. The quantitative estimate of drug-likeness (QED) is 0.185. The summed E-state index contributed by atoms with van der Waals surface area (Å²) < 4.78 is 2.81. The Balaban J connectivity index is 1.63. The summed E-state index contributed by atoms with van der Waals surface area (Å²) in [4.78, 5) is 30.0. The smallest absolute Gasteiger partial charge is 0.269 e. The molecular weight excluding hydrogens is 474 g/mol. The number of aryl methyl sites for hydroxylation is 3. The van der Waals surface area contributed by atoms with E-state index >= 15 is 0 Å². The average Bonchev–Trinajstić information content (AvgIpc) is 3.38. The number of aromatic nitrogens is 3. The lowest BCUT2D eigenvalue weighted by Gasteiger charge is -2.18. The third-order valence-electron chi connectivity index (χ3n) is 5.39. The summed E-state index contributed by atoms with van der Waals surface area (Å²) in [5, 5.41) is 16.6. The minimum Gasteiger partial charge on any atom is -0.283 e. The van der Waals surface area contributed by atoms with Crippen molar-refractivity contribution in [1.82, 2.24) is 14.8 Å². The van der Waals surface area contributed by atoms with Gasteiger partial charge in [0.1, 0.15) is 0 Å². The van der Waals surface area contributed by atoms with E-state index in [9.17, 15) is 14.9 Å². The van der Waals surface area contributed by atoms with Gasteiger partial charge < -0.3 is 0 Å². The predicted octanol–water partition coefficient (Wildman–Crippen LogP) is 5.73. The van der Waals surface area contributed by atoms with Crippen LogP contribution in [-0.2, 0) is 11.3 Å². The summed E-state index contributed by atoms with van der Waals surface area (Å²) in [6.45, 7) is 6.69. The first-order valence-corrected chi connectivity index (χ1v) is 11.7. The van der Waals surface area contributed by atoms with E-state index in [2.05, 4.69) is 5.10 Å². The number of carbonyl (C=O) groups is 1. The number of anilines is 1. The molecule has 174 valence electrons. The molecule has 0 radical (unpaired) electrons. The molecule has 34 heavy (non-hydrogen) atoms. The van der Waals surface area contributed by atoms with Gasteiger partial charge in [-0.3, -0.25) is 24.5 Å². The number of nitro benzene ring substituents is 1. The molecule has 0 N–H and O–H groups in total.